The number of hydrogen-bond acceptors (Lipinski definition) is 8. The number of anilines is 2. The third-order valence-corrected chi connectivity index (χ3v) is 6.41. The van der Waals surface area contributed by atoms with Crippen LogP contribution in [0.2, 0.25) is 5.02 Å². The van der Waals surface area contributed by atoms with Gasteiger partial charge in [0, 0.05) is 57.4 Å². The van der Waals surface area contributed by atoms with E-state index in [1.165, 1.54) is 0 Å². The number of hydrogen-bond donors (Lipinski definition) is 2. The summed E-state index contributed by atoms with van der Waals surface area (Å²) in [6.45, 7) is 6.14. The van der Waals surface area contributed by atoms with Gasteiger partial charge in [-0.15, -0.1) is 0 Å². The fourth-order valence-corrected chi connectivity index (χ4v) is 4.60. The third-order valence-electron chi connectivity index (χ3n) is 6.13. The average molecular weight is 483 g/mol. The molecule has 2 aliphatic heterocycles. The van der Waals surface area contributed by atoms with Crippen molar-refractivity contribution >= 4 is 39.9 Å². The maximum absolute atomic E-state index is 11.5. The van der Waals surface area contributed by atoms with Crippen LogP contribution >= 0.6 is 11.6 Å². The Kier molecular flexibility index (Phi) is 6.66. The number of ether oxygens (including phenoxy) is 2. The number of aromatic nitrogens is 2. The highest BCUT2D eigenvalue weighted by atomic mass is 35.5. The summed E-state index contributed by atoms with van der Waals surface area (Å²) in [4.78, 5) is 25.2. The number of nitrogens with one attached hydrogen (secondary N) is 2. The lowest BCUT2D eigenvalue weighted by Crippen LogP contribution is -2.48. The quantitative estimate of drug-likeness (QED) is 0.496. The van der Waals surface area contributed by atoms with Crippen LogP contribution in [0.3, 0.4) is 0 Å². The number of benzene rings is 1. The molecule has 5 rings (SSSR count). The van der Waals surface area contributed by atoms with Crippen molar-refractivity contribution in [2.24, 2.45) is 0 Å². The predicted molar refractivity (Wildman–Crippen MR) is 132 cm³/mol. The molecular formula is C24H27ClN6O3. The molecule has 4 heterocycles. The maximum atomic E-state index is 11.5. The van der Waals surface area contributed by atoms with Gasteiger partial charge in [-0.25, -0.2) is 4.98 Å². The van der Waals surface area contributed by atoms with Gasteiger partial charge in [0.05, 0.1) is 29.0 Å². The molecule has 10 heteroatoms. The minimum absolute atomic E-state index is 0.0390. The topological polar surface area (TPSA) is 91.9 Å². The summed E-state index contributed by atoms with van der Waals surface area (Å²) in [5, 5.41) is 7.86. The Morgan fingerprint density at radius 2 is 2.06 bits per heavy atom. The van der Waals surface area contributed by atoms with Crippen LogP contribution in [0.25, 0.3) is 10.9 Å². The second-order valence-corrected chi connectivity index (χ2v) is 8.74. The standard InChI is InChI=1S/C24H27ClN6O3/c1-33-17-3-4-20-18(12-17)23(19(25)14-27-20)31-10-8-30(9-11-31)7-6-26-13-16-2-5-21-24(28-16)29-22(32)15-34-21/h2-5,12,14,26H,6-11,13,15H2,1H3,(H,28,29,32). The van der Waals surface area contributed by atoms with Gasteiger partial charge in [-0.05, 0) is 30.3 Å². The van der Waals surface area contributed by atoms with Crippen LogP contribution in [0.15, 0.2) is 36.5 Å². The van der Waals surface area contributed by atoms with Gasteiger partial charge >= 0.3 is 0 Å². The van der Waals surface area contributed by atoms with Crippen molar-refractivity contribution in [3.8, 4) is 11.5 Å². The zero-order chi connectivity index (χ0) is 23.5. The smallest absolute Gasteiger partial charge is 0.263 e. The SMILES string of the molecule is COc1ccc2ncc(Cl)c(N3CCN(CCNCc4ccc5c(n4)NC(=O)CO5)CC3)c2c1. The zero-order valence-corrected chi connectivity index (χ0v) is 19.8. The van der Waals surface area contributed by atoms with Gasteiger partial charge in [0.15, 0.2) is 18.2 Å². The van der Waals surface area contributed by atoms with Gasteiger partial charge in [-0.2, -0.15) is 0 Å². The molecular weight excluding hydrogens is 456 g/mol. The van der Waals surface area contributed by atoms with E-state index in [-0.39, 0.29) is 12.5 Å². The number of methoxy groups -OCH3 is 1. The molecule has 1 saturated heterocycles. The fraction of sp³-hybridized carbons (Fsp3) is 0.375. The molecule has 0 saturated carbocycles. The normalized spacial score (nSPS) is 16.2. The Hall–Kier alpha value is -3.14. The highest BCUT2D eigenvalue weighted by Gasteiger charge is 2.21. The Balaban J connectivity index is 1.13. The van der Waals surface area contributed by atoms with Gasteiger partial charge in [0.25, 0.3) is 5.91 Å². The van der Waals surface area contributed by atoms with Crippen molar-refractivity contribution in [2.45, 2.75) is 6.54 Å². The van der Waals surface area contributed by atoms with Crippen molar-refractivity contribution in [3.63, 3.8) is 0 Å². The van der Waals surface area contributed by atoms with E-state index in [9.17, 15) is 4.79 Å². The molecule has 0 unspecified atom stereocenters. The second-order valence-electron chi connectivity index (χ2n) is 8.33. The molecule has 0 spiro atoms. The summed E-state index contributed by atoms with van der Waals surface area (Å²) in [6, 6.07) is 9.66. The number of amides is 1. The highest BCUT2D eigenvalue weighted by Crippen LogP contribution is 2.35. The van der Waals surface area contributed by atoms with Crippen LogP contribution in [0, 0.1) is 0 Å². The number of fused-ring (bicyclic) bond motifs is 2. The Morgan fingerprint density at radius 1 is 1.21 bits per heavy atom. The number of nitrogens with zero attached hydrogens (tertiary/aromatic N) is 4. The lowest BCUT2D eigenvalue weighted by molar-refractivity contribution is -0.118. The van der Waals surface area contributed by atoms with Crippen LogP contribution in [-0.4, -0.2) is 73.8 Å². The van der Waals surface area contributed by atoms with Crippen LogP contribution in [0.4, 0.5) is 11.5 Å². The van der Waals surface area contributed by atoms with Crippen molar-refractivity contribution < 1.29 is 14.3 Å². The van der Waals surface area contributed by atoms with E-state index in [1.807, 2.05) is 30.3 Å². The lowest BCUT2D eigenvalue weighted by Gasteiger charge is -2.37. The monoisotopic (exact) mass is 482 g/mol. The first-order chi connectivity index (χ1) is 16.6. The van der Waals surface area contributed by atoms with Crippen molar-refractivity contribution in [2.75, 3.05) is 63.2 Å². The Morgan fingerprint density at radius 3 is 2.88 bits per heavy atom. The average Bonchev–Trinajstić information content (AvgIpc) is 2.86. The van der Waals surface area contributed by atoms with Crippen molar-refractivity contribution in [1.29, 1.82) is 0 Å². The summed E-state index contributed by atoms with van der Waals surface area (Å²) in [5.74, 6) is 1.73. The summed E-state index contributed by atoms with van der Waals surface area (Å²) in [7, 11) is 1.67. The van der Waals surface area contributed by atoms with Gasteiger partial charge in [0.2, 0.25) is 0 Å². The van der Waals surface area contributed by atoms with Gasteiger partial charge in [0.1, 0.15) is 5.75 Å². The molecule has 34 heavy (non-hydrogen) atoms. The molecule has 2 aromatic heterocycles. The molecule has 1 aromatic carbocycles. The molecule has 1 amide bonds. The third kappa shape index (κ3) is 4.86. The molecule has 0 atom stereocenters. The number of piperazine rings is 1. The fourth-order valence-electron chi connectivity index (χ4n) is 4.33. The molecule has 3 aromatic rings. The molecule has 2 N–H and O–H groups in total. The van der Waals surface area contributed by atoms with E-state index in [0.717, 1.165) is 67.3 Å². The summed E-state index contributed by atoms with van der Waals surface area (Å²) in [5.41, 5.74) is 2.80. The van der Waals surface area contributed by atoms with Crippen LogP contribution in [0.1, 0.15) is 5.69 Å². The first-order valence-corrected chi connectivity index (χ1v) is 11.7. The number of carbonyl (C=O) groups excluding carboxylic acids is 1. The van der Waals surface area contributed by atoms with E-state index < -0.39 is 0 Å². The molecule has 0 aliphatic carbocycles. The number of rotatable bonds is 7. The first-order valence-electron chi connectivity index (χ1n) is 11.3. The molecule has 0 radical (unpaired) electrons. The number of pyridine rings is 2. The summed E-state index contributed by atoms with van der Waals surface area (Å²) < 4.78 is 10.8. The first kappa shape index (κ1) is 22.6. The number of carbonyl (C=O) groups is 1. The Labute approximate surface area is 203 Å². The van der Waals surface area contributed by atoms with Crippen molar-refractivity contribution in [1.82, 2.24) is 20.2 Å². The highest BCUT2D eigenvalue weighted by molar-refractivity contribution is 6.34. The van der Waals surface area contributed by atoms with Crippen LogP contribution in [-0.2, 0) is 11.3 Å². The van der Waals surface area contributed by atoms with Crippen LogP contribution in [0.5, 0.6) is 11.5 Å². The van der Waals surface area contributed by atoms with E-state index in [1.54, 1.807) is 13.3 Å². The summed E-state index contributed by atoms with van der Waals surface area (Å²) in [6.07, 6.45) is 1.73. The van der Waals surface area contributed by atoms with E-state index in [0.29, 0.717) is 23.1 Å². The minimum atomic E-state index is -0.176. The zero-order valence-electron chi connectivity index (χ0n) is 19.0. The van der Waals surface area contributed by atoms with E-state index in [4.69, 9.17) is 21.1 Å². The lowest BCUT2D eigenvalue weighted by atomic mass is 10.1. The molecule has 1 fully saturated rings. The van der Waals surface area contributed by atoms with Gasteiger partial charge in [-0.3, -0.25) is 14.7 Å². The summed E-state index contributed by atoms with van der Waals surface area (Å²) >= 11 is 6.58. The van der Waals surface area contributed by atoms with Gasteiger partial charge < -0.3 is 25.0 Å². The van der Waals surface area contributed by atoms with E-state index >= 15 is 0 Å². The van der Waals surface area contributed by atoms with Crippen LogP contribution < -0.4 is 25.0 Å². The largest absolute Gasteiger partial charge is 0.497 e. The van der Waals surface area contributed by atoms with Crippen molar-refractivity contribution in [3.05, 3.63) is 47.2 Å². The molecule has 0 bridgehead atoms. The maximum Gasteiger partial charge on any atom is 0.263 e. The number of halogens is 1. The molecule has 178 valence electrons. The van der Waals surface area contributed by atoms with E-state index in [2.05, 4.69) is 30.4 Å². The second kappa shape index (κ2) is 10.0. The predicted octanol–water partition coefficient (Wildman–Crippen LogP) is 2.53. The van der Waals surface area contributed by atoms with Gasteiger partial charge in [-0.1, -0.05) is 11.6 Å². The minimum Gasteiger partial charge on any atom is -0.497 e. The Bertz CT molecular complexity index is 1200. The molecule has 2 aliphatic rings. The molecule has 9 nitrogen and oxygen atoms in total.